The minimum Gasteiger partial charge on any atom is -0.484 e. The molecule has 0 aliphatic heterocycles. The summed E-state index contributed by atoms with van der Waals surface area (Å²) in [5.74, 6) is 0.593. The average molecular weight is 125 g/mol. The molecule has 0 aromatic rings. The Kier molecular flexibility index (Phi) is 1.31. The predicted molar refractivity (Wildman–Crippen MR) is 33.6 cm³/mol. The average Bonchev–Trinajstić information content (AvgIpc) is 2.48. The Labute approximate surface area is 54.5 Å². The molecule has 0 aromatic heterocycles. The minimum absolute atomic E-state index is 0.591. The van der Waals surface area contributed by atoms with E-state index in [4.69, 9.17) is 4.74 Å². The fourth-order valence-electron chi connectivity index (χ4n) is 0.672. The van der Waals surface area contributed by atoms with Gasteiger partial charge in [0.25, 0.3) is 0 Å². The third kappa shape index (κ3) is 1.31. The molecule has 0 N–H and O–H groups in total. The molecule has 1 aliphatic carbocycles. The Morgan fingerprint density at radius 2 is 2.33 bits per heavy atom. The third-order valence-electron chi connectivity index (χ3n) is 1.26. The van der Waals surface area contributed by atoms with Crippen molar-refractivity contribution in [3.63, 3.8) is 0 Å². The van der Waals surface area contributed by atoms with Crippen molar-refractivity contribution in [2.24, 2.45) is 0 Å². The van der Waals surface area contributed by atoms with Crippen LogP contribution >= 0.6 is 0 Å². The monoisotopic (exact) mass is 125 g/mol. The van der Waals surface area contributed by atoms with E-state index in [0.717, 1.165) is 12.8 Å². The van der Waals surface area contributed by atoms with Crippen molar-refractivity contribution in [2.45, 2.75) is 25.4 Å². The summed E-state index contributed by atoms with van der Waals surface area (Å²) in [4.78, 5) is 10.1. The number of allylic oxidation sites excluding steroid dienone is 1. The van der Waals surface area contributed by atoms with Gasteiger partial charge in [0.2, 0.25) is 6.29 Å². The molecule has 0 unspecified atom stereocenters. The molecule has 0 atom stereocenters. The van der Waals surface area contributed by atoms with Gasteiger partial charge in [-0.15, -0.1) is 0 Å². The summed E-state index contributed by atoms with van der Waals surface area (Å²) in [6.45, 7) is 5.26. The lowest BCUT2D eigenvalue weighted by Gasteiger charge is -2.08. The van der Waals surface area contributed by atoms with Crippen LogP contribution in [0, 0.1) is 0 Å². The van der Waals surface area contributed by atoms with Crippen molar-refractivity contribution in [3.8, 4) is 0 Å². The Morgan fingerprint density at radius 3 is 2.44 bits per heavy atom. The maximum absolute atomic E-state index is 10.1. The molecule has 1 rings (SSSR count). The van der Waals surface area contributed by atoms with E-state index in [2.05, 4.69) is 6.58 Å². The van der Waals surface area contributed by atoms with Gasteiger partial charge >= 0.3 is 0 Å². The molecule has 2 heteroatoms. The summed E-state index contributed by atoms with van der Waals surface area (Å²) < 4.78 is 5.08. The second-order valence-electron chi connectivity index (χ2n) is 2.40. The molecule has 2 nitrogen and oxygen atoms in total. The highest BCUT2D eigenvalue weighted by atomic mass is 16.5. The lowest BCUT2D eigenvalue weighted by Crippen LogP contribution is -2.13. The summed E-state index contributed by atoms with van der Waals surface area (Å²) in [5, 5.41) is 0. The highest BCUT2D eigenvalue weighted by Gasteiger charge is 2.46. The van der Waals surface area contributed by atoms with Crippen molar-refractivity contribution in [1.82, 2.24) is 0 Å². The molecular weight excluding hydrogens is 116 g/mol. The quantitative estimate of drug-likeness (QED) is 0.529. The van der Waals surface area contributed by atoms with E-state index >= 15 is 0 Å². The summed E-state index contributed by atoms with van der Waals surface area (Å²) in [7, 11) is 0. The van der Waals surface area contributed by atoms with E-state index < -0.39 is 5.60 Å². The Hall–Kier alpha value is -0.790. The molecule has 1 fully saturated rings. The van der Waals surface area contributed by atoms with Crippen molar-refractivity contribution in [1.29, 1.82) is 0 Å². The summed E-state index contributed by atoms with van der Waals surface area (Å²) >= 11 is 0. The van der Waals surface area contributed by atoms with Crippen LogP contribution in [0.25, 0.3) is 0 Å². The highest BCUT2D eigenvalue weighted by Crippen LogP contribution is 2.38. The molecule has 1 aliphatic rings. The fourth-order valence-corrected chi connectivity index (χ4v) is 0.672. The van der Waals surface area contributed by atoms with Crippen LogP contribution in [0.4, 0.5) is 0 Å². The number of hydrogen-bond acceptors (Lipinski definition) is 2. The van der Waals surface area contributed by atoms with E-state index in [0.29, 0.717) is 5.76 Å². The summed E-state index contributed by atoms with van der Waals surface area (Å²) in [6, 6.07) is 0. The van der Waals surface area contributed by atoms with E-state index in [1.54, 1.807) is 6.92 Å². The zero-order valence-electron chi connectivity index (χ0n) is 5.44. The van der Waals surface area contributed by atoms with E-state index in [1.807, 2.05) is 6.29 Å². The van der Waals surface area contributed by atoms with Crippen LogP contribution in [0.2, 0.25) is 0 Å². The molecule has 0 aromatic carbocycles. The molecule has 0 bridgehead atoms. The Morgan fingerprint density at radius 1 is 1.78 bits per heavy atom. The number of ether oxygens (including phenoxy) is 1. The molecule has 9 heavy (non-hydrogen) atoms. The van der Waals surface area contributed by atoms with Crippen molar-refractivity contribution < 1.29 is 9.53 Å². The van der Waals surface area contributed by atoms with Gasteiger partial charge in [0, 0.05) is 0 Å². The number of hydrogen-bond donors (Lipinski definition) is 0. The Bertz CT molecular complexity index is 145. The first kappa shape index (κ1) is 6.33. The van der Waals surface area contributed by atoms with Gasteiger partial charge in [-0.1, -0.05) is 6.58 Å². The van der Waals surface area contributed by atoms with Crippen molar-refractivity contribution >= 4 is 6.29 Å². The molecule has 1 saturated carbocycles. The first-order valence-corrected chi connectivity index (χ1v) is 2.92. The topological polar surface area (TPSA) is 26.3 Å². The zero-order valence-corrected chi connectivity index (χ0v) is 5.44. The van der Waals surface area contributed by atoms with Crippen LogP contribution in [-0.2, 0) is 9.53 Å². The van der Waals surface area contributed by atoms with Crippen LogP contribution in [0.1, 0.15) is 19.8 Å². The fraction of sp³-hybridized carbons (Fsp3) is 0.571. The molecule has 0 amide bonds. The SMILES string of the molecule is C=C(C)OC1([C]=O)CC1. The van der Waals surface area contributed by atoms with Crippen LogP contribution < -0.4 is 0 Å². The van der Waals surface area contributed by atoms with Gasteiger partial charge in [-0.05, 0) is 19.8 Å². The van der Waals surface area contributed by atoms with Gasteiger partial charge in [0.1, 0.15) is 0 Å². The number of rotatable bonds is 3. The summed E-state index contributed by atoms with van der Waals surface area (Å²) in [5.41, 5.74) is -0.591. The van der Waals surface area contributed by atoms with Crippen LogP contribution in [0.15, 0.2) is 12.3 Å². The maximum atomic E-state index is 10.1. The lowest BCUT2D eigenvalue weighted by molar-refractivity contribution is 0.150. The lowest BCUT2D eigenvalue weighted by atomic mass is 10.4. The van der Waals surface area contributed by atoms with E-state index in [-0.39, 0.29) is 0 Å². The summed E-state index contributed by atoms with van der Waals surface area (Å²) in [6.07, 6.45) is 3.44. The minimum atomic E-state index is -0.591. The van der Waals surface area contributed by atoms with Gasteiger partial charge in [0.05, 0.1) is 5.76 Å². The Balaban J connectivity index is 2.42. The van der Waals surface area contributed by atoms with Crippen LogP contribution in [0.5, 0.6) is 0 Å². The molecular formula is C7H9O2. The first-order valence-electron chi connectivity index (χ1n) is 2.92. The molecule has 49 valence electrons. The second kappa shape index (κ2) is 1.87. The molecule has 0 heterocycles. The molecule has 0 saturated heterocycles. The van der Waals surface area contributed by atoms with Crippen molar-refractivity contribution in [3.05, 3.63) is 12.3 Å². The normalized spacial score (nSPS) is 20.6. The standard InChI is InChI=1S/C7H9O2/c1-6(2)9-7(5-8)3-4-7/h1,3-4H2,2H3. The smallest absolute Gasteiger partial charge is 0.246 e. The van der Waals surface area contributed by atoms with Crippen LogP contribution in [-0.4, -0.2) is 11.9 Å². The zero-order chi connectivity index (χ0) is 6.91. The van der Waals surface area contributed by atoms with E-state index in [1.165, 1.54) is 0 Å². The van der Waals surface area contributed by atoms with Gasteiger partial charge in [-0.2, -0.15) is 0 Å². The third-order valence-corrected chi connectivity index (χ3v) is 1.26. The van der Waals surface area contributed by atoms with Crippen molar-refractivity contribution in [2.75, 3.05) is 0 Å². The van der Waals surface area contributed by atoms with E-state index in [9.17, 15) is 4.79 Å². The second-order valence-corrected chi connectivity index (χ2v) is 2.40. The van der Waals surface area contributed by atoms with Gasteiger partial charge in [0.15, 0.2) is 5.60 Å². The predicted octanol–water partition coefficient (Wildman–Crippen LogP) is 1.18. The maximum Gasteiger partial charge on any atom is 0.246 e. The number of carbonyl (C=O) groups excluding carboxylic acids is 1. The first-order chi connectivity index (χ1) is 4.18. The van der Waals surface area contributed by atoms with Crippen LogP contribution in [0.3, 0.4) is 0 Å². The van der Waals surface area contributed by atoms with Gasteiger partial charge < -0.3 is 4.74 Å². The van der Waals surface area contributed by atoms with Gasteiger partial charge in [-0.25, -0.2) is 0 Å². The largest absolute Gasteiger partial charge is 0.484 e. The highest BCUT2D eigenvalue weighted by molar-refractivity contribution is 5.67. The van der Waals surface area contributed by atoms with Gasteiger partial charge in [-0.3, -0.25) is 4.79 Å². The molecule has 0 spiro atoms. The molecule has 1 radical (unpaired) electrons.